The smallest absolute Gasteiger partial charge is 0.0951 e. The minimum absolute atomic E-state index is 0.0169. The van der Waals surface area contributed by atoms with Crippen molar-refractivity contribution in [3.8, 4) is 0 Å². The highest BCUT2D eigenvalue weighted by molar-refractivity contribution is 4.93. The highest BCUT2D eigenvalue weighted by atomic mass is 16.6. The molecular formula is C14H28N2O3. The SMILES string of the molecule is COCCN(CCCN)C1CCOC2(CCOC2)C1. The number of nitrogens with zero attached hydrogens (tertiary/aromatic N) is 1. The first-order valence-electron chi connectivity index (χ1n) is 7.44. The molecule has 19 heavy (non-hydrogen) atoms. The molecule has 0 bridgehead atoms. The maximum Gasteiger partial charge on any atom is 0.0951 e. The van der Waals surface area contributed by atoms with Crippen molar-refractivity contribution in [1.29, 1.82) is 0 Å². The number of ether oxygens (including phenoxy) is 3. The van der Waals surface area contributed by atoms with Crippen LogP contribution < -0.4 is 5.73 Å². The summed E-state index contributed by atoms with van der Waals surface area (Å²) in [5, 5.41) is 0. The van der Waals surface area contributed by atoms with Crippen molar-refractivity contribution in [1.82, 2.24) is 4.90 Å². The van der Waals surface area contributed by atoms with E-state index in [1.807, 2.05) is 0 Å². The Kier molecular flexibility index (Phi) is 6.04. The van der Waals surface area contributed by atoms with E-state index in [-0.39, 0.29) is 5.60 Å². The van der Waals surface area contributed by atoms with Crippen LogP contribution in [0.15, 0.2) is 0 Å². The summed E-state index contributed by atoms with van der Waals surface area (Å²) >= 11 is 0. The molecule has 0 aliphatic carbocycles. The van der Waals surface area contributed by atoms with Crippen molar-refractivity contribution in [2.75, 3.05) is 53.2 Å². The molecule has 2 atom stereocenters. The average molecular weight is 272 g/mol. The van der Waals surface area contributed by atoms with E-state index in [0.29, 0.717) is 6.04 Å². The minimum Gasteiger partial charge on any atom is -0.383 e. The van der Waals surface area contributed by atoms with Gasteiger partial charge in [-0.3, -0.25) is 4.90 Å². The zero-order valence-corrected chi connectivity index (χ0v) is 12.1. The fourth-order valence-electron chi connectivity index (χ4n) is 3.16. The van der Waals surface area contributed by atoms with E-state index in [1.165, 1.54) is 0 Å². The van der Waals surface area contributed by atoms with Gasteiger partial charge in [0.05, 0.1) is 18.8 Å². The average Bonchev–Trinajstić information content (AvgIpc) is 2.87. The molecule has 2 rings (SSSR count). The Morgan fingerprint density at radius 3 is 2.95 bits per heavy atom. The van der Waals surface area contributed by atoms with Crippen LogP contribution in [0.1, 0.15) is 25.7 Å². The predicted molar refractivity (Wildman–Crippen MR) is 74.3 cm³/mol. The van der Waals surface area contributed by atoms with Crippen molar-refractivity contribution in [3.05, 3.63) is 0 Å². The lowest BCUT2D eigenvalue weighted by Crippen LogP contribution is -2.50. The number of methoxy groups -OCH3 is 1. The standard InChI is InChI=1S/C14H28N2O3/c1-17-10-7-16(6-2-5-15)13-3-8-19-14(11-13)4-9-18-12-14/h13H,2-12,15H2,1H3. The second-order valence-electron chi connectivity index (χ2n) is 5.65. The molecule has 0 aromatic rings. The van der Waals surface area contributed by atoms with Crippen molar-refractivity contribution in [2.24, 2.45) is 5.73 Å². The van der Waals surface area contributed by atoms with Gasteiger partial charge in [-0.15, -0.1) is 0 Å². The molecule has 5 heteroatoms. The van der Waals surface area contributed by atoms with Gasteiger partial charge >= 0.3 is 0 Å². The van der Waals surface area contributed by atoms with Crippen molar-refractivity contribution in [2.45, 2.75) is 37.3 Å². The fraction of sp³-hybridized carbons (Fsp3) is 1.00. The van der Waals surface area contributed by atoms with Crippen molar-refractivity contribution >= 4 is 0 Å². The van der Waals surface area contributed by atoms with E-state index in [2.05, 4.69) is 4.90 Å². The monoisotopic (exact) mass is 272 g/mol. The van der Waals surface area contributed by atoms with Gasteiger partial charge in [0, 0.05) is 39.3 Å². The molecule has 112 valence electrons. The van der Waals surface area contributed by atoms with Crippen LogP contribution in [-0.2, 0) is 14.2 Å². The Morgan fingerprint density at radius 2 is 2.26 bits per heavy atom. The summed E-state index contributed by atoms with van der Waals surface area (Å²) < 4.78 is 16.8. The Bertz CT molecular complexity index is 249. The summed E-state index contributed by atoms with van der Waals surface area (Å²) in [6.07, 6.45) is 4.28. The van der Waals surface area contributed by atoms with Gasteiger partial charge in [0.1, 0.15) is 0 Å². The number of rotatable bonds is 7. The van der Waals surface area contributed by atoms with Crippen molar-refractivity contribution in [3.63, 3.8) is 0 Å². The number of hydrogen-bond acceptors (Lipinski definition) is 5. The highest BCUT2D eigenvalue weighted by Crippen LogP contribution is 2.34. The Labute approximate surface area is 116 Å². The first-order valence-corrected chi connectivity index (χ1v) is 7.44. The molecule has 2 unspecified atom stereocenters. The van der Waals surface area contributed by atoms with E-state index < -0.39 is 0 Å². The molecule has 2 fully saturated rings. The zero-order valence-electron chi connectivity index (χ0n) is 12.1. The van der Waals surface area contributed by atoms with E-state index in [9.17, 15) is 0 Å². The van der Waals surface area contributed by atoms with Crippen LogP contribution in [0.3, 0.4) is 0 Å². The van der Waals surface area contributed by atoms with Crippen molar-refractivity contribution < 1.29 is 14.2 Å². The summed E-state index contributed by atoms with van der Waals surface area (Å²) in [6.45, 7) is 6.03. The summed E-state index contributed by atoms with van der Waals surface area (Å²) in [7, 11) is 1.76. The topological polar surface area (TPSA) is 57.0 Å². The maximum absolute atomic E-state index is 6.01. The highest BCUT2D eigenvalue weighted by Gasteiger charge is 2.42. The predicted octanol–water partition coefficient (Wildman–Crippen LogP) is 0.622. The van der Waals surface area contributed by atoms with Gasteiger partial charge in [-0.05, 0) is 32.4 Å². The second kappa shape index (κ2) is 7.55. The first-order chi connectivity index (χ1) is 9.29. The molecular weight excluding hydrogens is 244 g/mol. The summed E-state index contributed by atoms with van der Waals surface area (Å²) in [6, 6.07) is 0.581. The van der Waals surface area contributed by atoms with Crippen LogP contribution >= 0.6 is 0 Å². The third-order valence-corrected chi connectivity index (χ3v) is 4.28. The van der Waals surface area contributed by atoms with E-state index in [1.54, 1.807) is 7.11 Å². The first kappa shape index (κ1) is 15.2. The molecule has 5 nitrogen and oxygen atoms in total. The molecule has 2 aliphatic heterocycles. The number of hydrogen-bond donors (Lipinski definition) is 1. The van der Waals surface area contributed by atoms with Gasteiger partial charge in [0.15, 0.2) is 0 Å². The lowest BCUT2D eigenvalue weighted by atomic mass is 9.88. The molecule has 2 heterocycles. The van der Waals surface area contributed by atoms with E-state index >= 15 is 0 Å². The molecule has 2 saturated heterocycles. The molecule has 2 N–H and O–H groups in total. The number of nitrogens with two attached hydrogens (primary N) is 1. The minimum atomic E-state index is -0.0169. The zero-order chi connectivity index (χ0) is 13.6. The Balaban J connectivity index is 1.90. The molecule has 0 aromatic carbocycles. The Hall–Kier alpha value is -0.200. The van der Waals surface area contributed by atoms with Crippen LogP contribution in [0.25, 0.3) is 0 Å². The normalized spacial score (nSPS) is 31.4. The van der Waals surface area contributed by atoms with Crippen LogP contribution in [0.5, 0.6) is 0 Å². The van der Waals surface area contributed by atoms with Gasteiger partial charge in [-0.2, -0.15) is 0 Å². The molecule has 1 spiro atoms. The van der Waals surface area contributed by atoms with Gasteiger partial charge in [-0.25, -0.2) is 0 Å². The van der Waals surface area contributed by atoms with Gasteiger partial charge in [-0.1, -0.05) is 0 Å². The van der Waals surface area contributed by atoms with Crippen LogP contribution in [-0.4, -0.2) is 69.7 Å². The third kappa shape index (κ3) is 4.13. The second-order valence-corrected chi connectivity index (χ2v) is 5.65. The summed E-state index contributed by atoms with van der Waals surface area (Å²) in [5.41, 5.74) is 5.63. The van der Waals surface area contributed by atoms with Crippen LogP contribution in [0.4, 0.5) is 0 Å². The Morgan fingerprint density at radius 1 is 1.37 bits per heavy atom. The fourth-order valence-corrected chi connectivity index (χ4v) is 3.16. The van der Waals surface area contributed by atoms with Gasteiger partial charge in [0.2, 0.25) is 0 Å². The van der Waals surface area contributed by atoms with Gasteiger partial charge in [0.25, 0.3) is 0 Å². The van der Waals surface area contributed by atoms with Gasteiger partial charge < -0.3 is 19.9 Å². The maximum atomic E-state index is 6.01. The molecule has 0 amide bonds. The van der Waals surface area contributed by atoms with Crippen LogP contribution in [0, 0.1) is 0 Å². The third-order valence-electron chi connectivity index (χ3n) is 4.28. The molecule has 0 saturated carbocycles. The van der Waals surface area contributed by atoms with E-state index in [4.69, 9.17) is 19.9 Å². The molecule has 0 aromatic heterocycles. The summed E-state index contributed by atoms with van der Waals surface area (Å²) in [4.78, 5) is 2.53. The van der Waals surface area contributed by atoms with Crippen LogP contribution in [0.2, 0.25) is 0 Å². The molecule has 0 radical (unpaired) electrons. The van der Waals surface area contributed by atoms with E-state index in [0.717, 1.165) is 71.7 Å². The lowest BCUT2D eigenvalue weighted by Gasteiger charge is -2.42. The quantitative estimate of drug-likeness (QED) is 0.736. The lowest BCUT2D eigenvalue weighted by molar-refractivity contribution is -0.107. The summed E-state index contributed by atoms with van der Waals surface area (Å²) in [5.74, 6) is 0. The molecule has 2 aliphatic rings. The largest absolute Gasteiger partial charge is 0.383 e.